The highest BCUT2D eigenvalue weighted by atomic mass is 127. The summed E-state index contributed by atoms with van der Waals surface area (Å²) in [6.45, 7) is 9.27. The summed E-state index contributed by atoms with van der Waals surface area (Å²) in [6, 6.07) is 14.1. The Labute approximate surface area is 204 Å². The first-order valence-electron chi connectivity index (χ1n) is 10.3. The quantitative estimate of drug-likeness (QED) is 0.249. The van der Waals surface area contributed by atoms with Crippen LogP contribution < -0.4 is 15.4 Å². The molecule has 0 saturated heterocycles. The molecule has 8 heteroatoms. The normalized spacial score (nSPS) is 11.9. The average Bonchev–Trinajstić information content (AvgIpc) is 2.63. The lowest BCUT2D eigenvalue weighted by Gasteiger charge is -2.13. The Morgan fingerprint density at radius 2 is 1.52 bits per heavy atom. The first-order valence-corrected chi connectivity index (χ1v) is 11.9. The minimum Gasteiger partial charge on any atom is -0.356 e. The molecule has 0 aliphatic rings. The van der Waals surface area contributed by atoms with Crippen molar-refractivity contribution < 1.29 is 8.42 Å². The second kappa shape index (κ2) is 13.0. The van der Waals surface area contributed by atoms with Gasteiger partial charge in [0, 0.05) is 26.2 Å². The lowest BCUT2D eigenvalue weighted by Crippen LogP contribution is -2.37. The molecule has 172 valence electrons. The number of nitrogens with one attached hydrogen (secondary N) is 3. The summed E-state index contributed by atoms with van der Waals surface area (Å²) in [6.07, 6.45) is 0.927. The third kappa shape index (κ3) is 10.5. The Bertz CT molecular complexity index is 938. The predicted molar refractivity (Wildman–Crippen MR) is 141 cm³/mol. The van der Waals surface area contributed by atoms with Gasteiger partial charge in [-0.2, -0.15) is 0 Å². The summed E-state index contributed by atoms with van der Waals surface area (Å²) in [7, 11) is -1.56. The maximum Gasteiger partial charge on any atom is 0.216 e. The summed E-state index contributed by atoms with van der Waals surface area (Å²) < 4.78 is 26.7. The van der Waals surface area contributed by atoms with Crippen LogP contribution in [0.1, 0.15) is 41.7 Å². The first-order chi connectivity index (χ1) is 14.2. The van der Waals surface area contributed by atoms with Crippen LogP contribution in [0.5, 0.6) is 0 Å². The van der Waals surface area contributed by atoms with E-state index in [0.717, 1.165) is 30.1 Å². The fourth-order valence-corrected chi connectivity index (χ4v) is 4.75. The number of halogens is 1. The standard InChI is InChI=1S/C23H34N4O2S.HI/c1-17(2)27-30(28,29)16-21-8-6-20(7-9-21)15-26-23(24-5)25-11-10-22-13-18(3)12-19(4)14-22;/h6-9,12-14,17,27H,10-11,15-16H2,1-5H3,(H2,24,25,26);1H. The van der Waals surface area contributed by atoms with Gasteiger partial charge in [0.2, 0.25) is 10.0 Å². The molecule has 0 amide bonds. The fraction of sp³-hybridized carbons (Fsp3) is 0.435. The van der Waals surface area contributed by atoms with E-state index in [4.69, 9.17) is 0 Å². The number of guanidine groups is 1. The van der Waals surface area contributed by atoms with E-state index in [-0.39, 0.29) is 35.8 Å². The van der Waals surface area contributed by atoms with E-state index in [0.29, 0.717) is 6.54 Å². The van der Waals surface area contributed by atoms with E-state index in [9.17, 15) is 8.42 Å². The van der Waals surface area contributed by atoms with Crippen LogP contribution in [0, 0.1) is 13.8 Å². The molecule has 0 radical (unpaired) electrons. The van der Waals surface area contributed by atoms with Crippen molar-refractivity contribution in [3.8, 4) is 0 Å². The fourth-order valence-electron chi connectivity index (χ4n) is 3.32. The molecule has 0 heterocycles. The van der Waals surface area contributed by atoms with Crippen molar-refractivity contribution in [3.05, 3.63) is 70.3 Å². The summed E-state index contributed by atoms with van der Waals surface area (Å²) >= 11 is 0. The largest absolute Gasteiger partial charge is 0.356 e. The lowest BCUT2D eigenvalue weighted by atomic mass is 10.1. The van der Waals surface area contributed by atoms with Crippen LogP contribution in [0.3, 0.4) is 0 Å². The van der Waals surface area contributed by atoms with E-state index in [1.165, 1.54) is 16.7 Å². The minimum absolute atomic E-state index is 0. The Hall–Kier alpha value is -1.65. The molecule has 3 N–H and O–H groups in total. The highest BCUT2D eigenvalue weighted by molar-refractivity contribution is 14.0. The smallest absolute Gasteiger partial charge is 0.216 e. The van der Waals surface area contributed by atoms with Crippen molar-refractivity contribution in [3.63, 3.8) is 0 Å². The minimum atomic E-state index is -3.31. The van der Waals surface area contributed by atoms with Crippen molar-refractivity contribution >= 4 is 40.0 Å². The highest BCUT2D eigenvalue weighted by Gasteiger charge is 2.12. The molecule has 2 aromatic rings. The van der Waals surface area contributed by atoms with Gasteiger partial charge in [0.15, 0.2) is 5.96 Å². The summed E-state index contributed by atoms with van der Waals surface area (Å²) in [4.78, 5) is 4.27. The van der Waals surface area contributed by atoms with E-state index >= 15 is 0 Å². The third-order valence-corrected chi connectivity index (χ3v) is 6.01. The topological polar surface area (TPSA) is 82.6 Å². The van der Waals surface area contributed by atoms with Gasteiger partial charge in [0.1, 0.15) is 0 Å². The van der Waals surface area contributed by atoms with Crippen LogP contribution in [0.4, 0.5) is 0 Å². The summed E-state index contributed by atoms with van der Waals surface area (Å²) in [5.41, 5.74) is 5.70. The summed E-state index contributed by atoms with van der Waals surface area (Å²) in [5.74, 6) is 0.729. The number of rotatable bonds is 9. The van der Waals surface area contributed by atoms with Gasteiger partial charge < -0.3 is 10.6 Å². The molecule has 0 aliphatic carbocycles. The van der Waals surface area contributed by atoms with Crippen molar-refractivity contribution in [2.24, 2.45) is 4.99 Å². The number of hydrogen-bond acceptors (Lipinski definition) is 3. The van der Waals surface area contributed by atoms with Crippen molar-refractivity contribution in [2.45, 2.75) is 52.5 Å². The molecular formula is C23H35IN4O2S. The maximum atomic E-state index is 12.0. The molecule has 0 unspecified atom stereocenters. The van der Waals surface area contributed by atoms with Gasteiger partial charge in [-0.15, -0.1) is 24.0 Å². The molecule has 0 bridgehead atoms. The second-order valence-corrected chi connectivity index (χ2v) is 9.70. The average molecular weight is 559 g/mol. The van der Waals surface area contributed by atoms with Gasteiger partial charge in [-0.3, -0.25) is 4.99 Å². The van der Waals surface area contributed by atoms with E-state index in [2.05, 4.69) is 52.4 Å². The van der Waals surface area contributed by atoms with Gasteiger partial charge >= 0.3 is 0 Å². The lowest BCUT2D eigenvalue weighted by molar-refractivity contribution is 0.569. The number of sulfonamides is 1. The molecule has 2 rings (SSSR count). The van der Waals surface area contributed by atoms with Gasteiger partial charge in [-0.1, -0.05) is 53.6 Å². The van der Waals surface area contributed by atoms with E-state index in [1.807, 2.05) is 38.1 Å². The number of nitrogens with zero attached hydrogens (tertiary/aromatic N) is 1. The van der Waals surface area contributed by atoms with Crippen LogP contribution in [0.15, 0.2) is 47.5 Å². The molecule has 0 aliphatic heterocycles. The first kappa shape index (κ1) is 27.4. The second-order valence-electron chi connectivity index (χ2n) is 7.95. The number of benzene rings is 2. The van der Waals surface area contributed by atoms with Gasteiger partial charge in [-0.05, 0) is 50.8 Å². The molecule has 0 atom stereocenters. The van der Waals surface area contributed by atoms with Gasteiger partial charge in [-0.25, -0.2) is 13.1 Å². The predicted octanol–water partition coefficient (Wildman–Crippen LogP) is 3.66. The monoisotopic (exact) mass is 558 g/mol. The zero-order valence-corrected chi connectivity index (χ0v) is 22.2. The number of hydrogen-bond donors (Lipinski definition) is 3. The van der Waals surface area contributed by atoms with Crippen LogP contribution >= 0.6 is 24.0 Å². The molecular weight excluding hydrogens is 523 g/mol. The number of aryl methyl sites for hydroxylation is 2. The van der Waals surface area contributed by atoms with Crippen LogP contribution in [0.2, 0.25) is 0 Å². The van der Waals surface area contributed by atoms with E-state index in [1.54, 1.807) is 7.05 Å². The van der Waals surface area contributed by atoms with Crippen molar-refractivity contribution in [1.29, 1.82) is 0 Å². The molecule has 2 aromatic carbocycles. The third-order valence-electron chi connectivity index (χ3n) is 4.47. The van der Waals surface area contributed by atoms with E-state index < -0.39 is 10.0 Å². The Kier molecular flexibility index (Phi) is 11.5. The highest BCUT2D eigenvalue weighted by Crippen LogP contribution is 2.10. The molecule has 6 nitrogen and oxygen atoms in total. The molecule has 0 spiro atoms. The van der Waals surface area contributed by atoms with Crippen LogP contribution in [-0.4, -0.2) is 34.0 Å². The van der Waals surface area contributed by atoms with Crippen LogP contribution in [-0.2, 0) is 28.7 Å². The van der Waals surface area contributed by atoms with Crippen molar-refractivity contribution in [1.82, 2.24) is 15.4 Å². The van der Waals surface area contributed by atoms with Gasteiger partial charge in [0.05, 0.1) is 5.75 Å². The number of aliphatic imine (C=N–C) groups is 1. The maximum absolute atomic E-state index is 12.0. The zero-order valence-electron chi connectivity index (χ0n) is 19.0. The summed E-state index contributed by atoms with van der Waals surface area (Å²) in [5, 5.41) is 6.64. The molecule has 0 aromatic heterocycles. The Balaban J connectivity index is 0.00000480. The molecule has 31 heavy (non-hydrogen) atoms. The Morgan fingerprint density at radius 3 is 2.06 bits per heavy atom. The SMILES string of the molecule is CN=C(NCCc1cc(C)cc(C)c1)NCc1ccc(CS(=O)(=O)NC(C)C)cc1.I. The molecule has 0 fully saturated rings. The molecule has 0 saturated carbocycles. The van der Waals surface area contributed by atoms with Gasteiger partial charge in [0.25, 0.3) is 0 Å². The zero-order chi connectivity index (χ0) is 22.1. The van der Waals surface area contributed by atoms with Crippen molar-refractivity contribution in [2.75, 3.05) is 13.6 Å². The Morgan fingerprint density at radius 1 is 0.935 bits per heavy atom. The van der Waals surface area contributed by atoms with Crippen LogP contribution in [0.25, 0.3) is 0 Å².